The van der Waals surface area contributed by atoms with Crippen molar-refractivity contribution in [2.45, 2.75) is 13.2 Å². The third kappa shape index (κ3) is 2.39. The third-order valence-electron chi connectivity index (χ3n) is 1.61. The Balaban J connectivity index is 2.96. The number of aliphatic imine (C=N–C) groups is 1. The van der Waals surface area contributed by atoms with Gasteiger partial charge in [0.15, 0.2) is 0 Å². The molecule has 1 aromatic carbocycles. The number of phenolic OH excluding ortho intramolecular Hbond substituents is 1. The SMILES string of the molecule is O=C=NCc1cc(CF)ccc1O. The fraction of sp³-hybridized carbons (Fsp3) is 0.222. The van der Waals surface area contributed by atoms with Crippen LogP contribution in [0.25, 0.3) is 0 Å². The highest BCUT2D eigenvalue weighted by atomic mass is 19.1. The monoisotopic (exact) mass is 181 g/mol. The number of aromatic hydroxyl groups is 1. The molecule has 0 radical (unpaired) electrons. The van der Waals surface area contributed by atoms with E-state index in [1.165, 1.54) is 24.3 Å². The summed E-state index contributed by atoms with van der Waals surface area (Å²) in [5, 5.41) is 9.24. The number of nitrogens with zero attached hydrogens (tertiary/aromatic N) is 1. The van der Waals surface area contributed by atoms with E-state index in [2.05, 4.69) is 4.99 Å². The zero-order valence-electron chi connectivity index (χ0n) is 6.83. The Morgan fingerprint density at radius 3 is 2.92 bits per heavy atom. The lowest BCUT2D eigenvalue weighted by molar-refractivity contribution is 0.463. The van der Waals surface area contributed by atoms with Crippen LogP contribution in [0.1, 0.15) is 11.1 Å². The van der Waals surface area contributed by atoms with Gasteiger partial charge in [0.25, 0.3) is 0 Å². The normalized spacial score (nSPS) is 9.31. The molecular formula is C9H8FNO2. The summed E-state index contributed by atoms with van der Waals surface area (Å²) in [7, 11) is 0. The van der Waals surface area contributed by atoms with E-state index in [4.69, 9.17) is 0 Å². The van der Waals surface area contributed by atoms with Gasteiger partial charge in [-0.25, -0.2) is 14.2 Å². The molecule has 68 valence electrons. The molecule has 0 fully saturated rings. The van der Waals surface area contributed by atoms with Gasteiger partial charge in [0.2, 0.25) is 6.08 Å². The minimum atomic E-state index is -0.599. The van der Waals surface area contributed by atoms with Crippen LogP contribution in [0, 0.1) is 0 Å². The van der Waals surface area contributed by atoms with Gasteiger partial charge < -0.3 is 5.11 Å². The van der Waals surface area contributed by atoms with Crippen molar-refractivity contribution in [3.8, 4) is 5.75 Å². The van der Waals surface area contributed by atoms with Crippen molar-refractivity contribution in [2.24, 2.45) is 4.99 Å². The molecule has 0 atom stereocenters. The first kappa shape index (κ1) is 9.42. The van der Waals surface area contributed by atoms with Crippen molar-refractivity contribution in [2.75, 3.05) is 0 Å². The van der Waals surface area contributed by atoms with Crippen molar-refractivity contribution >= 4 is 6.08 Å². The highest BCUT2D eigenvalue weighted by molar-refractivity contribution is 5.38. The standard InChI is InChI=1S/C9H8FNO2/c10-4-7-1-2-9(13)8(3-7)5-11-6-12/h1-3,13H,4-5H2. The molecule has 0 saturated heterocycles. The van der Waals surface area contributed by atoms with Gasteiger partial charge in [-0.2, -0.15) is 0 Å². The number of carbonyl (C=O) groups excluding carboxylic acids is 1. The molecule has 0 unspecified atom stereocenters. The third-order valence-corrected chi connectivity index (χ3v) is 1.61. The zero-order chi connectivity index (χ0) is 9.68. The molecule has 1 N–H and O–H groups in total. The fourth-order valence-electron chi connectivity index (χ4n) is 0.966. The van der Waals surface area contributed by atoms with Crippen LogP contribution in [0.3, 0.4) is 0 Å². The summed E-state index contributed by atoms with van der Waals surface area (Å²) in [6.45, 7) is -0.568. The Morgan fingerprint density at radius 1 is 1.54 bits per heavy atom. The first-order chi connectivity index (χ1) is 6.27. The molecule has 0 aromatic heterocycles. The van der Waals surface area contributed by atoms with Crippen molar-refractivity contribution in [1.29, 1.82) is 0 Å². The predicted molar refractivity (Wildman–Crippen MR) is 44.7 cm³/mol. The van der Waals surface area contributed by atoms with Gasteiger partial charge in [-0.05, 0) is 17.7 Å². The van der Waals surface area contributed by atoms with E-state index in [1.54, 1.807) is 0 Å². The Kier molecular flexibility index (Phi) is 3.17. The van der Waals surface area contributed by atoms with Crippen molar-refractivity contribution < 1.29 is 14.3 Å². The molecular weight excluding hydrogens is 173 g/mol. The summed E-state index contributed by atoms with van der Waals surface area (Å²) >= 11 is 0. The van der Waals surface area contributed by atoms with Crippen LogP contribution in [0.5, 0.6) is 5.75 Å². The molecule has 1 aromatic rings. The first-order valence-electron chi connectivity index (χ1n) is 3.68. The number of hydrogen-bond donors (Lipinski definition) is 1. The molecule has 0 heterocycles. The average Bonchev–Trinajstić information content (AvgIpc) is 2.17. The van der Waals surface area contributed by atoms with E-state index in [9.17, 15) is 14.3 Å². The van der Waals surface area contributed by atoms with E-state index < -0.39 is 6.67 Å². The van der Waals surface area contributed by atoms with Crippen molar-refractivity contribution in [1.82, 2.24) is 0 Å². The number of halogens is 1. The molecule has 13 heavy (non-hydrogen) atoms. The minimum Gasteiger partial charge on any atom is -0.508 e. The van der Waals surface area contributed by atoms with E-state index in [0.717, 1.165) is 0 Å². The molecule has 0 bridgehead atoms. The van der Waals surface area contributed by atoms with E-state index in [1.807, 2.05) is 0 Å². The van der Waals surface area contributed by atoms with E-state index in [-0.39, 0.29) is 12.3 Å². The number of phenols is 1. The van der Waals surface area contributed by atoms with Gasteiger partial charge in [-0.15, -0.1) is 0 Å². The molecule has 0 amide bonds. The minimum absolute atomic E-state index is 0.0104. The summed E-state index contributed by atoms with van der Waals surface area (Å²) < 4.78 is 12.2. The molecule has 0 aliphatic carbocycles. The van der Waals surface area contributed by atoms with Gasteiger partial charge >= 0.3 is 0 Å². The Bertz CT molecular complexity index is 345. The van der Waals surface area contributed by atoms with Gasteiger partial charge in [0.05, 0.1) is 6.54 Å². The van der Waals surface area contributed by atoms with Crippen LogP contribution in [-0.2, 0) is 18.0 Å². The Hall–Kier alpha value is -1.67. The lowest BCUT2D eigenvalue weighted by Crippen LogP contribution is -1.86. The second kappa shape index (κ2) is 4.38. The molecule has 0 aliphatic heterocycles. The van der Waals surface area contributed by atoms with Crippen LogP contribution < -0.4 is 0 Å². The number of isocyanates is 1. The van der Waals surface area contributed by atoms with Gasteiger partial charge in [-0.1, -0.05) is 6.07 Å². The van der Waals surface area contributed by atoms with Crippen LogP contribution in [0.15, 0.2) is 23.2 Å². The molecule has 4 heteroatoms. The highest BCUT2D eigenvalue weighted by Crippen LogP contribution is 2.19. The van der Waals surface area contributed by atoms with Crippen LogP contribution in [0.2, 0.25) is 0 Å². The van der Waals surface area contributed by atoms with Crippen LogP contribution in [0.4, 0.5) is 4.39 Å². The number of hydrogen-bond acceptors (Lipinski definition) is 3. The number of alkyl halides is 1. The maximum atomic E-state index is 12.2. The topological polar surface area (TPSA) is 49.7 Å². The van der Waals surface area contributed by atoms with Crippen LogP contribution in [-0.4, -0.2) is 11.2 Å². The van der Waals surface area contributed by atoms with E-state index >= 15 is 0 Å². The summed E-state index contributed by atoms with van der Waals surface area (Å²) in [6, 6.07) is 4.32. The summed E-state index contributed by atoms with van der Waals surface area (Å²) in [5.74, 6) is 0.0104. The Morgan fingerprint density at radius 2 is 2.31 bits per heavy atom. The molecule has 0 saturated carbocycles. The lowest BCUT2D eigenvalue weighted by atomic mass is 10.1. The molecule has 0 spiro atoms. The maximum Gasteiger partial charge on any atom is 0.235 e. The largest absolute Gasteiger partial charge is 0.508 e. The van der Waals surface area contributed by atoms with Gasteiger partial charge in [-0.3, -0.25) is 0 Å². The number of rotatable bonds is 3. The predicted octanol–water partition coefficient (Wildman–Crippen LogP) is 1.70. The Labute approximate surface area is 74.5 Å². The van der Waals surface area contributed by atoms with Gasteiger partial charge in [0, 0.05) is 5.56 Å². The van der Waals surface area contributed by atoms with Gasteiger partial charge in [0.1, 0.15) is 12.4 Å². The number of benzene rings is 1. The second-order valence-electron chi connectivity index (χ2n) is 2.50. The van der Waals surface area contributed by atoms with Crippen molar-refractivity contribution in [3.63, 3.8) is 0 Å². The van der Waals surface area contributed by atoms with Crippen molar-refractivity contribution in [3.05, 3.63) is 29.3 Å². The average molecular weight is 181 g/mol. The highest BCUT2D eigenvalue weighted by Gasteiger charge is 2.01. The van der Waals surface area contributed by atoms with E-state index in [0.29, 0.717) is 11.1 Å². The quantitative estimate of drug-likeness (QED) is 0.569. The maximum absolute atomic E-state index is 12.2. The first-order valence-corrected chi connectivity index (χ1v) is 3.68. The second-order valence-corrected chi connectivity index (χ2v) is 2.50. The smallest absolute Gasteiger partial charge is 0.235 e. The summed E-state index contributed by atoms with van der Waals surface area (Å²) in [5.41, 5.74) is 0.882. The summed E-state index contributed by atoms with van der Waals surface area (Å²) in [4.78, 5) is 13.1. The fourth-order valence-corrected chi connectivity index (χ4v) is 0.966. The summed E-state index contributed by atoms with van der Waals surface area (Å²) in [6.07, 6.45) is 1.35. The molecule has 1 rings (SSSR count). The zero-order valence-corrected chi connectivity index (χ0v) is 6.83. The van der Waals surface area contributed by atoms with Crippen LogP contribution >= 0.6 is 0 Å². The lowest BCUT2D eigenvalue weighted by Gasteiger charge is -2.01. The molecule has 3 nitrogen and oxygen atoms in total. The molecule has 0 aliphatic rings.